The first-order valence-corrected chi connectivity index (χ1v) is 9.17. The number of cyclic esters (lactones) is 1. The van der Waals surface area contributed by atoms with Crippen LogP contribution in [-0.4, -0.2) is 46.4 Å². The second kappa shape index (κ2) is 8.01. The van der Waals surface area contributed by atoms with Gasteiger partial charge in [0.25, 0.3) is 5.89 Å². The number of rotatable bonds is 4. The Kier molecular flexibility index (Phi) is 5.71. The first kappa shape index (κ1) is 19.2. The van der Waals surface area contributed by atoms with Crippen molar-refractivity contribution < 1.29 is 18.8 Å². The number of anilines is 1. The van der Waals surface area contributed by atoms with Crippen molar-refractivity contribution in [1.82, 2.24) is 20.8 Å². The fourth-order valence-electron chi connectivity index (χ4n) is 2.50. The molecule has 9 nitrogen and oxygen atoms in total. The van der Waals surface area contributed by atoms with Gasteiger partial charge in [-0.3, -0.25) is 9.69 Å². The molecule has 2 aromatic rings. The summed E-state index contributed by atoms with van der Waals surface area (Å²) < 4.78 is 11.2. The van der Waals surface area contributed by atoms with Crippen molar-refractivity contribution in [1.29, 1.82) is 0 Å². The second-order valence-corrected chi connectivity index (χ2v) is 7.08. The summed E-state index contributed by atoms with van der Waals surface area (Å²) in [5.41, 5.74) is 1.39. The topological polar surface area (TPSA) is 110 Å². The van der Waals surface area contributed by atoms with Gasteiger partial charge < -0.3 is 19.9 Å². The quantitative estimate of drug-likeness (QED) is 0.677. The van der Waals surface area contributed by atoms with E-state index in [2.05, 4.69) is 36.7 Å². The number of carbonyl (C=O) groups excluding carboxylic acids is 2. The highest BCUT2D eigenvalue weighted by atomic mass is 79.9. The Hall–Kier alpha value is -2.53. The number of ether oxygens (including phenoxy) is 1. The summed E-state index contributed by atoms with van der Waals surface area (Å²) in [5.74, 6) is 0.666. The Morgan fingerprint density at radius 1 is 1.48 bits per heavy atom. The molecule has 3 rings (SSSR count). The molecule has 1 unspecified atom stereocenters. The molecule has 1 atom stereocenters. The van der Waals surface area contributed by atoms with Crippen LogP contribution in [0.4, 0.5) is 10.5 Å². The molecular formula is C16H16BrN5O4S. The normalized spacial score (nSPS) is 16.2. The number of amides is 2. The van der Waals surface area contributed by atoms with Gasteiger partial charge >= 0.3 is 6.09 Å². The largest absolute Gasteiger partial charge is 0.442 e. The number of carbonyl (C=O) groups is 2. The van der Waals surface area contributed by atoms with Gasteiger partial charge in [-0.05, 0) is 53.3 Å². The van der Waals surface area contributed by atoms with Crippen molar-refractivity contribution in [3.05, 3.63) is 28.5 Å². The highest BCUT2D eigenvalue weighted by molar-refractivity contribution is 9.10. The van der Waals surface area contributed by atoms with E-state index in [1.54, 1.807) is 25.1 Å². The summed E-state index contributed by atoms with van der Waals surface area (Å²) in [6.45, 7) is 3.74. The third-order valence-electron chi connectivity index (χ3n) is 3.68. The first-order valence-electron chi connectivity index (χ1n) is 7.97. The lowest BCUT2D eigenvalue weighted by atomic mass is 10.2. The van der Waals surface area contributed by atoms with E-state index in [0.717, 1.165) is 5.56 Å². The molecule has 0 spiro atoms. The van der Waals surface area contributed by atoms with Crippen LogP contribution in [0.1, 0.15) is 12.7 Å². The van der Waals surface area contributed by atoms with Crippen molar-refractivity contribution in [3.63, 3.8) is 0 Å². The van der Waals surface area contributed by atoms with Crippen LogP contribution < -0.4 is 15.5 Å². The van der Waals surface area contributed by atoms with Crippen molar-refractivity contribution >= 4 is 50.9 Å². The SMILES string of the molecule is CC(=O)NC(=S)NCC1CN(c2ccc(-c3nc(C)no3)c(Br)c2)C(=O)O1. The zero-order valence-electron chi connectivity index (χ0n) is 14.5. The molecule has 0 saturated carbocycles. The highest BCUT2D eigenvalue weighted by Gasteiger charge is 2.32. The van der Waals surface area contributed by atoms with E-state index in [1.807, 2.05) is 0 Å². The Balaban J connectivity index is 1.66. The van der Waals surface area contributed by atoms with E-state index < -0.39 is 12.2 Å². The van der Waals surface area contributed by atoms with Gasteiger partial charge in [-0.2, -0.15) is 4.98 Å². The third kappa shape index (κ3) is 4.61. The lowest BCUT2D eigenvalue weighted by Crippen LogP contribution is -2.42. The second-order valence-electron chi connectivity index (χ2n) is 5.82. The lowest BCUT2D eigenvalue weighted by molar-refractivity contribution is -0.117. The first-order chi connectivity index (χ1) is 12.8. The molecule has 142 valence electrons. The number of nitrogens with zero attached hydrogens (tertiary/aromatic N) is 3. The number of halogens is 1. The van der Waals surface area contributed by atoms with Gasteiger partial charge in [0.15, 0.2) is 10.9 Å². The van der Waals surface area contributed by atoms with Gasteiger partial charge in [0.2, 0.25) is 5.91 Å². The average molecular weight is 454 g/mol. The zero-order valence-corrected chi connectivity index (χ0v) is 16.9. The number of aryl methyl sites for hydroxylation is 1. The molecule has 1 aromatic heterocycles. The number of hydrogen-bond donors (Lipinski definition) is 2. The van der Waals surface area contributed by atoms with Crippen LogP contribution in [0.25, 0.3) is 11.5 Å². The minimum absolute atomic E-state index is 0.193. The van der Waals surface area contributed by atoms with Crippen LogP contribution in [0.3, 0.4) is 0 Å². The Morgan fingerprint density at radius 3 is 2.89 bits per heavy atom. The molecule has 1 fully saturated rings. The Morgan fingerprint density at radius 2 is 2.26 bits per heavy atom. The van der Waals surface area contributed by atoms with E-state index in [1.165, 1.54) is 11.8 Å². The molecule has 0 aliphatic carbocycles. The van der Waals surface area contributed by atoms with Crippen LogP contribution in [0, 0.1) is 6.92 Å². The zero-order chi connectivity index (χ0) is 19.6. The molecule has 2 amide bonds. The van der Waals surface area contributed by atoms with Crippen molar-refractivity contribution in [2.24, 2.45) is 0 Å². The van der Waals surface area contributed by atoms with Gasteiger partial charge in [-0.15, -0.1) is 0 Å². The van der Waals surface area contributed by atoms with E-state index in [0.29, 0.717) is 35.0 Å². The average Bonchev–Trinajstić information content (AvgIpc) is 3.18. The fourth-order valence-corrected chi connectivity index (χ4v) is 3.26. The molecule has 27 heavy (non-hydrogen) atoms. The molecule has 1 aromatic carbocycles. The predicted molar refractivity (Wildman–Crippen MR) is 104 cm³/mol. The van der Waals surface area contributed by atoms with Gasteiger partial charge in [-0.1, -0.05) is 5.16 Å². The molecule has 2 N–H and O–H groups in total. The van der Waals surface area contributed by atoms with Crippen LogP contribution in [0.5, 0.6) is 0 Å². The maximum atomic E-state index is 12.2. The number of hydrogen-bond acceptors (Lipinski definition) is 7. The molecule has 0 bridgehead atoms. The van der Waals surface area contributed by atoms with Crippen LogP contribution in [-0.2, 0) is 9.53 Å². The number of aromatic nitrogens is 2. The number of nitrogens with one attached hydrogen (secondary N) is 2. The van der Waals surface area contributed by atoms with Crippen molar-refractivity contribution in [2.75, 3.05) is 18.0 Å². The standard InChI is InChI=1S/C16H16BrN5O4S/c1-8-19-14(26-21-8)12-4-3-10(5-13(12)17)22-7-11(25-16(22)24)6-18-15(27)20-9(2)23/h3-5,11H,6-7H2,1-2H3,(H2,18,20,23,27). The van der Waals surface area contributed by atoms with Gasteiger partial charge in [0, 0.05) is 17.1 Å². The molecular weight excluding hydrogens is 438 g/mol. The van der Waals surface area contributed by atoms with Crippen LogP contribution >= 0.6 is 28.1 Å². The molecule has 11 heteroatoms. The molecule has 1 aliphatic rings. The molecule has 2 heterocycles. The van der Waals surface area contributed by atoms with Gasteiger partial charge in [0.05, 0.1) is 18.7 Å². The van der Waals surface area contributed by atoms with Crippen molar-refractivity contribution in [2.45, 2.75) is 20.0 Å². The lowest BCUT2D eigenvalue weighted by Gasteiger charge is -2.14. The van der Waals surface area contributed by atoms with Gasteiger partial charge in [-0.25, -0.2) is 4.79 Å². The van der Waals surface area contributed by atoms with E-state index in [-0.39, 0.29) is 11.0 Å². The third-order valence-corrected chi connectivity index (χ3v) is 4.58. The van der Waals surface area contributed by atoms with Crippen molar-refractivity contribution in [3.8, 4) is 11.5 Å². The summed E-state index contributed by atoms with van der Waals surface area (Å²) in [6, 6.07) is 5.35. The Bertz CT molecular complexity index is 903. The smallest absolute Gasteiger partial charge is 0.414 e. The van der Waals surface area contributed by atoms with E-state index >= 15 is 0 Å². The summed E-state index contributed by atoms with van der Waals surface area (Å²) in [4.78, 5) is 28.9. The molecule has 1 aliphatic heterocycles. The maximum absolute atomic E-state index is 12.2. The summed E-state index contributed by atoms with van der Waals surface area (Å²) in [5, 5.41) is 9.27. The minimum atomic E-state index is -0.458. The Labute approximate surface area is 168 Å². The summed E-state index contributed by atoms with van der Waals surface area (Å²) >= 11 is 8.45. The van der Waals surface area contributed by atoms with Gasteiger partial charge in [0.1, 0.15) is 6.10 Å². The highest BCUT2D eigenvalue weighted by Crippen LogP contribution is 2.32. The summed E-state index contributed by atoms with van der Waals surface area (Å²) in [6.07, 6.45) is -0.859. The van der Waals surface area contributed by atoms with Crippen LogP contribution in [0.15, 0.2) is 27.2 Å². The fraction of sp³-hybridized carbons (Fsp3) is 0.312. The summed E-state index contributed by atoms with van der Waals surface area (Å²) in [7, 11) is 0. The molecule has 1 saturated heterocycles. The van der Waals surface area contributed by atoms with Crippen LogP contribution in [0.2, 0.25) is 0 Å². The predicted octanol–water partition coefficient (Wildman–Crippen LogP) is 2.14. The number of thiocarbonyl (C=S) groups is 1. The monoisotopic (exact) mass is 453 g/mol. The minimum Gasteiger partial charge on any atom is -0.442 e. The number of benzene rings is 1. The van der Waals surface area contributed by atoms with E-state index in [9.17, 15) is 9.59 Å². The maximum Gasteiger partial charge on any atom is 0.414 e. The molecule has 0 radical (unpaired) electrons. The van der Waals surface area contributed by atoms with E-state index in [4.69, 9.17) is 21.5 Å².